The highest BCUT2D eigenvalue weighted by molar-refractivity contribution is 7.46. The summed E-state index contributed by atoms with van der Waals surface area (Å²) in [6.45, 7) is -3.98. The van der Waals surface area contributed by atoms with Crippen molar-refractivity contribution in [2.75, 3.05) is 26.4 Å². The maximum Gasteiger partial charge on any atom is 0.470 e. The second-order valence-corrected chi connectivity index (χ2v) is 9.36. The third kappa shape index (κ3) is 7.56. The van der Waals surface area contributed by atoms with Crippen LogP contribution in [0.5, 0.6) is 0 Å². The molecular weight excluding hydrogens is 523 g/mol. The van der Waals surface area contributed by atoms with Crippen molar-refractivity contribution in [3.8, 4) is 0 Å². The molecule has 2 saturated heterocycles. The number of phosphoric ester groups is 1. The van der Waals surface area contributed by atoms with Crippen LogP contribution in [-0.4, -0.2) is 167 Å². The lowest BCUT2D eigenvalue weighted by Gasteiger charge is -2.44. The van der Waals surface area contributed by atoms with Crippen LogP contribution in [0.1, 0.15) is 0 Å². The molecule has 214 valence electrons. The average Bonchev–Trinajstić information content (AvgIpc) is 2.83. The minimum atomic E-state index is -5.34. The van der Waals surface area contributed by atoms with Crippen LogP contribution >= 0.6 is 7.82 Å². The van der Waals surface area contributed by atoms with Gasteiger partial charge in [0.1, 0.15) is 67.1 Å². The van der Waals surface area contributed by atoms with Crippen molar-refractivity contribution in [2.24, 2.45) is 0 Å². The first-order valence-corrected chi connectivity index (χ1v) is 12.2. The number of phosphoric acid groups is 1. The zero-order valence-electron chi connectivity index (χ0n) is 18.6. The van der Waals surface area contributed by atoms with E-state index in [1.54, 1.807) is 0 Å². The molecule has 2 fully saturated rings. The summed E-state index contributed by atoms with van der Waals surface area (Å²) in [7, 11) is -5.34. The van der Waals surface area contributed by atoms with Crippen molar-refractivity contribution in [1.29, 1.82) is 0 Å². The van der Waals surface area contributed by atoms with Gasteiger partial charge in [-0.2, -0.15) is 0 Å². The van der Waals surface area contributed by atoms with E-state index in [2.05, 4.69) is 4.52 Å². The first-order chi connectivity index (χ1) is 16.8. The highest BCUT2D eigenvalue weighted by atomic mass is 31.2. The Balaban J connectivity index is 2.35. The van der Waals surface area contributed by atoms with Crippen LogP contribution in [0.15, 0.2) is 0 Å². The van der Waals surface area contributed by atoms with Gasteiger partial charge in [0.2, 0.25) is 0 Å². The van der Waals surface area contributed by atoms with Crippen LogP contribution in [0, 0.1) is 0 Å². The van der Waals surface area contributed by atoms with Gasteiger partial charge in [-0.15, -0.1) is 0 Å². The molecule has 0 unspecified atom stereocenters. The molecule has 2 aliphatic heterocycles. The summed E-state index contributed by atoms with van der Waals surface area (Å²) < 4.78 is 37.0. The highest BCUT2D eigenvalue weighted by Gasteiger charge is 2.49. The minimum absolute atomic E-state index is 0.833. The molecule has 0 aromatic carbocycles. The van der Waals surface area contributed by atoms with Gasteiger partial charge in [0, 0.05) is 0 Å². The molecule has 0 aromatic heterocycles. The van der Waals surface area contributed by atoms with Crippen LogP contribution in [0.25, 0.3) is 0 Å². The summed E-state index contributed by atoms with van der Waals surface area (Å²) in [5, 5.41) is 98.5. The summed E-state index contributed by atoms with van der Waals surface area (Å²) >= 11 is 0. The fraction of sp³-hybridized carbons (Fsp3) is 1.00. The summed E-state index contributed by atoms with van der Waals surface area (Å²) in [6.07, 6.45) is -24.0. The SMILES string of the molecule is O=P(O)(O)O[C@@H](CO)[C@H](O[C@H]1O[C@H](CO)[C@@H](O)[C@H](O)[C@H]1O)[C@@H](CO)O[C@H]1O[C@H](CO)[C@@H](O)[C@H](O)[C@H]1O. The molecule has 0 spiro atoms. The largest absolute Gasteiger partial charge is 0.470 e. The van der Waals surface area contributed by atoms with Gasteiger partial charge in [0.15, 0.2) is 12.6 Å². The Hall–Kier alpha value is -0.450. The van der Waals surface area contributed by atoms with Crippen molar-refractivity contribution in [2.45, 2.75) is 79.7 Å². The Morgan fingerprint density at radius 1 is 0.639 bits per heavy atom. The Kier molecular flexibility index (Phi) is 12.0. The maximum atomic E-state index is 11.4. The molecule has 0 bridgehead atoms. The van der Waals surface area contributed by atoms with Gasteiger partial charge in [-0.3, -0.25) is 4.52 Å². The molecule has 0 amide bonds. The summed E-state index contributed by atoms with van der Waals surface area (Å²) in [5.41, 5.74) is 0. The number of aliphatic hydroxyl groups is 10. The molecule has 0 aromatic rings. The van der Waals surface area contributed by atoms with Gasteiger partial charge in [-0.1, -0.05) is 0 Å². The number of aliphatic hydroxyl groups excluding tert-OH is 10. The van der Waals surface area contributed by atoms with Crippen molar-refractivity contribution in [3.05, 3.63) is 0 Å². The second kappa shape index (κ2) is 13.6. The molecule has 19 heteroatoms. The summed E-state index contributed by atoms with van der Waals surface area (Å²) in [6, 6.07) is 0. The van der Waals surface area contributed by atoms with Crippen molar-refractivity contribution >= 4 is 7.82 Å². The van der Waals surface area contributed by atoms with Crippen LogP contribution in [0.4, 0.5) is 0 Å². The molecule has 13 atom stereocenters. The monoisotopic (exact) mass is 556 g/mol. The fourth-order valence-electron chi connectivity index (χ4n) is 3.70. The van der Waals surface area contributed by atoms with Crippen LogP contribution in [0.2, 0.25) is 0 Å². The maximum absolute atomic E-state index is 11.4. The molecule has 2 heterocycles. The Morgan fingerprint density at radius 2 is 1.06 bits per heavy atom. The molecule has 0 aliphatic carbocycles. The number of ether oxygens (including phenoxy) is 4. The van der Waals surface area contributed by atoms with E-state index in [0.717, 1.165) is 0 Å². The smallest absolute Gasteiger partial charge is 0.394 e. The Bertz CT molecular complexity index is 705. The standard InChI is InChI=1S/C17H33O18P/c18-1-5-9(22)11(24)13(26)16(31-5)33-7(3-20)15(8(4-21)35-36(28,29)30)34-17-14(27)12(25)10(23)6(2-19)32-17/h5-27H,1-4H2,(H2,28,29,30)/t5-,6-,7-,8+,9-,10-,11+,12+,13-,14-,15-,16-,17-/m1/s1. The summed E-state index contributed by atoms with van der Waals surface area (Å²) in [4.78, 5) is 18.4. The van der Waals surface area contributed by atoms with Crippen molar-refractivity contribution in [3.63, 3.8) is 0 Å². The predicted octanol–water partition coefficient (Wildman–Crippen LogP) is -7.18. The van der Waals surface area contributed by atoms with E-state index >= 15 is 0 Å². The third-order valence-electron chi connectivity index (χ3n) is 5.66. The van der Waals surface area contributed by atoms with Crippen molar-refractivity contribution in [1.82, 2.24) is 0 Å². The highest BCUT2D eigenvalue weighted by Crippen LogP contribution is 2.40. The van der Waals surface area contributed by atoms with Gasteiger partial charge in [-0.25, -0.2) is 4.57 Å². The minimum Gasteiger partial charge on any atom is -0.394 e. The normalized spacial score (nSPS) is 40.6. The van der Waals surface area contributed by atoms with Crippen LogP contribution in [-0.2, 0) is 28.0 Å². The number of rotatable bonds is 12. The fourth-order valence-corrected chi connectivity index (χ4v) is 4.24. The van der Waals surface area contributed by atoms with Crippen LogP contribution in [0.3, 0.4) is 0 Å². The van der Waals surface area contributed by atoms with Crippen molar-refractivity contribution < 1.29 is 88.9 Å². The Morgan fingerprint density at radius 3 is 1.42 bits per heavy atom. The zero-order chi connectivity index (χ0) is 27.4. The lowest BCUT2D eigenvalue weighted by Crippen LogP contribution is -2.63. The molecule has 36 heavy (non-hydrogen) atoms. The molecule has 2 aliphatic rings. The first-order valence-electron chi connectivity index (χ1n) is 10.7. The number of hydrogen-bond acceptors (Lipinski definition) is 16. The van der Waals surface area contributed by atoms with E-state index in [0.29, 0.717) is 0 Å². The predicted molar refractivity (Wildman–Crippen MR) is 108 cm³/mol. The second-order valence-electron chi connectivity index (χ2n) is 8.17. The number of hydrogen-bond donors (Lipinski definition) is 12. The van der Waals surface area contributed by atoms with Gasteiger partial charge in [0.05, 0.1) is 26.4 Å². The van der Waals surface area contributed by atoms with E-state index in [9.17, 15) is 65.4 Å². The van der Waals surface area contributed by atoms with E-state index in [1.165, 1.54) is 0 Å². The summed E-state index contributed by atoms with van der Waals surface area (Å²) in [5.74, 6) is 0. The first kappa shape index (κ1) is 31.8. The lowest BCUT2D eigenvalue weighted by atomic mass is 9.98. The topological polar surface area (TPSA) is 306 Å². The van der Waals surface area contributed by atoms with Gasteiger partial charge < -0.3 is 79.8 Å². The van der Waals surface area contributed by atoms with Gasteiger partial charge in [-0.05, 0) is 0 Å². The molecule has 12 N–H and O–H groups in total. The quantitative estimate of drug-likeness (QED) is 0.0993. The Labute approximate surface area is 203 Å². The van der Waals surface area contributed by atoms with E-state index in [4.69, 9.17) is 18.9 Å². The lowest BCUT2D eigenvalue weighted by molar-refractivity contribution is -0.348. The van der Waals surface area contributed by atoms with Crippen LogP contribution < -0.4 is 0 Å². The molecule has 18 nitrogen and oxygen atoms in total. The van der Waals surface area contributed by atoms with E-state index < -0.39 is 114 Å². The molecule has 0 radical (unpaired) electrons. The zero-order valence-corrected chi connectivity index (χ0v) is 19.5. The van der Waals surface area contributed by atoms with E-state index in [1.807, 2.05) is 0 Å². The van der Waals surface area contributed by atoms with E-state index in [-0.39, 0.29) is 0 Å². The average molecular weight is 556 g/mol. The molecule has 0 saturated carbocycles. The van der Waals surface area contributed by atoms with Gasteiger partial charge >= 0.3 is 7.82 Å². The third-order valence-corrected chi connectivity index (χ3v) is 6.21. The van der Waals surface area contributed by atoms with Gasteiger partial charge in [0.25, 0.3) is 0 Å². The molecular formula is C17H33O18P. The molecule has 2 rings (SSSR count).